The van der Waals surface area contributed by atoms with Crippen LogP contribution in [-0.2, 0) is 9.31 Å². The molecule has 7 heterocycles. The lowest BCUT2D eigenvalue weighted by atomic mass is 9.79. The predicted molar refractivity (Wildman–Crippen MR) is 361 cm³/mol. The summed E-state index contributed by atoms with van der Waals surface area (Å²) in [5, 5.41) is 4.15. The van der Waals surface area contributed by atoms with Gasteiger partial charge in [-0.1, -0.05) is 199 Å². The van der Waals surface area contributed by atoms with Gasteiger partial charge in [-0.3, -0.25) is 9.97 Å². The molecule has 0 unspecified atom stereocenters. The van der Waals surface area contributed by atoms with Crippen LogP contribution in [0.4, 0.5) is 0 Å². The summed E-state index contributed by atoms with van der Waals surface area (Å²) in [5.41, 5.74) is 13.6. The normalized spacial score (nSPS) is 13.4. The van der Waals surface area contributed by atoms with E-state index in [1.165, 1.54) is 20.2 Å². The Labute approximate surface area is 521 Å². The Morgan fingerprint density at radius 1 is 0.372 bits per heavy atom. The summed E-state index contributed by atoms with van der Waals surface area (Å²) in [6.07, 6.45) is 3.73. The topological polar surface area (TPSA) is 95.8 Å². The van der Waals surface area contributed by atoms with Crippen LogP contribution in [-0.4, -0.2) is 48.2 Å². The maximum atomic E-state index is 6.81. The van der Waals surface area contributed by atoms with Gasteiger partial charge in [-0.2, -0.15) is 0 Å². The number of fused-ring (bicyclic) bond motifs is 6. The Balaban J connectivity index is 0.000000125. The minimum Gasteiger partial charge on any atom is -0.399 e. The molecule has 418 valence electrons. The Hall–Kier alpha value is -8.49. The van der Waals surface area contributed by atoms with Crippen LogP contribution in [0.15, 0.2) is 243 Å². The first-order valence-corrected chi connectivity index (χ1v) is 30.7. The number of halogens is 3. The van der Waals surface area contributed by atoms with Crippen LogP contribution in [0.5, 0.6) is 0 Å². The maximum absolute atomic E-state index is 6.81. The van der Waals surface area contributed by atoms with Crippen molar-refractivity contribution in [1.29, 1.82) is 0 Å². The lowest BCUT2D eigenvalue weighted by molar-refractivity contribution is 0.00578. The van der Waals surface area contributed by atoms with Gasteiger partial charge in [0, 0.05) is 82.0 Å². The third-order valence-corrected chi connectivity index (χ3v) is 18.8. The lowest BCUT2D eigenvalue weighted by Gasteiger charge is -2.32. The van der Waals surface area contributed by atoms with Crippen LogP contribution in [0.25, 0.3) is 120 Å². The maximum Gasteiger partial charge on any atom is 0.496 e. The molecule has 0 bridgehead atoms. The van der Waals surface area contributed by atoms with Gasteiger partial charge in [-0.25, -0.2) is 19.9 Å². The summed E-state index contributed by atoms with van der Waals surface area (Å²) in [4.78, 5) is 28.7. The summed E-state index contributed by atoms with van der Waals surface area (Å²) in [6, 6.07) is 76.7. The van der Waals surface area contributed by atoms with Crippen molar-refractivity contribution in [3.8, 4) is 78.9 Å². The highest BCUT2D eigenvalue weighted by Gasteiger charge is 2.52. The molecule has 8 nitrogen and oxygen atoms in total. The number of hydrogen-bond donors (Lipinski definition) is 0. The molecule has 1 aliphatic heterocycles. The second-order valence-electron chi connectivity index (χ2n) is 21.6. The highest BCUT2D eigenvalue weighted by Crippen LogP contribution is 2.42. The van der Waals surface area contributed by atoms with E-state index in [2.05, 4.69) is 124 Å². The van der Waals surface area contributed by atoms with Crippen molar-refractivity contribution in [2.24, 2.45) is 0 Å². The average Bonchev–Trinajstić information content (AvgIpc) is 1.74. The molecule has 14 aromatic rings. The molecule has 6 aromatic heterocycles. The average molecular weight is 1210 g/mol. The van der Waals surface area contributed by atoms with Crippen molar-refractivity contribution in [3.05, 3.63) is 258 Å². The molecule has 0 aliphatic carbocycles. The van der Waals surface area contributed by atoms with E-state index in [0.717, 1.165) is 87.6 Å². The van der Waals surface area contributed by atoms with E-state index >= 15 is 0 Å². The first-order chi connectivity index (χ1) is 41.8. The van der Waals surface area contributed by atoms with E-state index in [-0.39, 0.29) is 18.3 Å². The molecule has 1 fully saturated rings. The zero-order chi connectivity index (χ0) is 58.9. The molecule has 0 saturated carbocycles. The van der Waals surface area contributed by atoms with Gasteiger partial charge in [0.2, 0.25) is 0 Å². The second-order valence-corrected chi connectivity index (χ2v) is 25.0. The molecule has 0 amide bonds. The lowest BCUT2D eigenvalue weighted by Crippen LogP contribution is -2.41. The number of thiophene rings is 2. The van der Waals surface area contributed by atoms with Gasteiger partial charge in [-0.05, 0) is 100.0 Å². The number of pyridine rings is 2. The van der Waals surface area contributed by atoms with Gasteiger partial charge in [-0.15, -0.1) is 22.7 Å². The fraction of sp³-hybridized carbons (Fsp3) is 0.0833. The van der Waals surface area contributed by atoms with Crippen molar-refractivity contribution in [2.45, 2.75) is 38.9 Å². The van der Waals surface area contributed by atoms with Crippen LogP contribution in [0.3, 0.4) is 0 Å². The zero-order valence-corrected chi connectivity index (χ0v) is 51.0. The fourth-order valence-electron chi connectivity index (χ4n) is 10.3. The van der Waals surface area contributed by atoms with Crippen LogP contribution in [0.2, 0.25) is 15.1 Å². The Kier molecular flexibility index (Phi) is 15.9. The van der Waals surface area contributed by atoms with Gasteiger partial charge in [0.05, 0.1) is 64.5 Å². The van der Waals surface area contributed by atoms with Crippen molar-refractivity contribution in [3.63, 3.8) is 0 Å². The number of aromatic nitrogens is 6. The summed E-state index contributed by atoms with van der Waals surface area (Å²) < 4.78 is 17.2. The number of benzene rings is 8. The minimum atomic E-state index is -0.344. The molecule has 0 N–H and O–H groups in total. The molecule has 0 spiro atoms. The zero-order valence-electron chi connectivity index (χ0n) is 47.1. The molecule has 1 aliphatic rings. The second kappa shape index (κ2) is 24.1. The molecular weight excluding hydrogens is 1160 g/mol. The highest BCUT2D eigenvalue weighted by atomic mass is 35.5. The number of hydrogen-bond acceptors (Lipinski definition) is 10. The summed E-state index contributed by atoms with van der Waals surface area (Å²) in [5.74, 6) is 1.15. The molecule has 8 aromatic carbocycles. The number of rotatable bonds is 8. The quantitative estimate of drug-likeness (QED) is 0.139. The van der Waals surface area contributed by atoms with Crippen molar-refractivity contribution in [2.75, 3.05) is 0 Å². The fourth-order valence-corrected chi connectivity index (χ4v) is 13.3. The van der Waals surface area contributed by atoms with Crippen molar-refractivity contribution < 1.29 is 9.31 Å². The molecule has 14 heteroatoms. The van der Waals surface area contributed by atoms with E-state index in [9.17, 15) is 0 Å². The standard InChI is InChI=1S/C33H20ClN3S.C22H14Cl2N2.C17H18BNO2S/c34-27-16-15-23(24-17-18-35-31-25-13-7-8-14-30(25)38-32(24)31)19-26(27)33-36-28(21-9-3-1-4-10-21)20-29(37-33)22-11-5-2-6-12-22;23-17-11-12-19(24)18(13-17)22-25-20(15-7-3-1-4-8-15)14-21(26-22)16-9-5-2-6-10-16;1-16(2)17(3,4)21-18(20-16)12-9-10-19-14-11-7-5-6-8-13(11)22-15(12)14/h1-20H;1-14H;5-10H,1-4H3. The summed E-state index contributed by atoms with van der Waals surface area (Å²) in [7, 11) is -0.344. The van der Waals surface area contributed by atoms with Gasteiger partial charge >= 0.3 is 7.12 Å². The molecule has 86 heavy (non-hydrogen) atoms. The largest absolute Gasteiger partial charge is 0.496 e. The van der Waals surface area contributed by atoms with Gasteiger partial charge in [0.25, 0.3) is 0 Å². The molecule has 15 rings (SSSR count). The van der Waals surface area contributed by atoms with Crippen molar-refractivity contribution >= 4 is 111 Å². The predicted octanol–water partition coefficient (Wildman–Crippen LogP) is 20.1. The van der Waals surface area contributed by atoms with Crippen LogP contribution in [0, 0.1) is 0 Å². The molecule has 0 atom stereocenters. The van der Waals surface area contributed by atoms with Gasteiger partial charge in [0.15, 0.2) is 11.6 Å². The Morgan fingerprint density at radius 2 is 0.767 bits per heavy atom. The first kappa shape index (κ1) is 56.6. The van der Waals surface area contributed by atoms with Crippen LogP contribution < -0.4 is 5.46 Å². The SMILES string of the molecule is CC1(C)OB(c2ccnc3c2sc2ccccc23)OC1(C)C.Clc1ccc(-c2ccnc3c2sc2ccccc23)cc1-c1nc(-c2ccccc2)cc(-c2ccccc2)n1.Clc1ccc(Cl)c(-c2nc(-c3ccccc3)cc(-c3ccccc3)n2)c1. The minimum absolute atomic E-state index is 0.329. The Morgan fingerprint density at radius 3 is 1.24 bits per heavy atom. The van der Waals surface area contributed by atoms with E-state index < -0.39 is 0 Å². The third kappa shape index (κ3) is 11.6. The first-order valence-electron chi connectivity index (χ1n) is 28.0. The van der Waals surface area contributed by atoms with E-state index in [1.807, 2.05) is 134 Å². The number of nitrogens with zero attached hydrogens (tertiary/aromatic N) is 6. The monoisotopic (exact) mass is 1210 g/mol. The Bertz CT molecular complexity index is 4650. The highest BCUT2D eigenvalue weighted by molar-refractivity contribution is 7.27. The van der Waals surface area contributed by atoms with Crippen molar-refractivity contribution in [1.82, 2.24) is 29.9 Å². The van der Waals surface area contributed by atoms with E-state index in [4.69, 9.17) is 69.0 Å². The van der Waals surface area contributed by atoms with E-state index in [0.29, 0.717) is 32.3 Å². The van der Waals surface area contributed by atoms with Crippen LogP contribution >= 0.6 is 57.5 Å². The summed E-state index contributed by atoms with van der Waals surface area (Å²) >= 11 is 22.9. The molecule has 1 saturated heterocycles. The van der Waals surface area contributed by atoms with Crippen LogP contribution in [0.1, 0.15) is 27.7 Å². The summed E-state index contributed by atoms with van der Waals surface area (Å²) in [6.45, 7) is 8.32. The molecule has 0 radical (unpaired) electrons. The van der Waals surface area contributed by atoms with E-state index in [1.54, 1.807) is 40.9 Å². The third-order valence-electron chi connectivity index (χ3n) is 15.5. The van der Waals surface area contributed by atoms with Gasteiger partial charge in [0.1, 0.15) is 0 Å². The van der Waals surface area contributed by atoms with Gasteiger partial charge < -0.3 is 9.31 Å². The molecular formula is C72H52BCl3N6O2S2. The smallest absolute Gasteiger partial charge is 0.399 e.